The van der Waals surface area contributed by atoms with E-state index in [9.17, 15) is 4.79 Å². The first-order valence-electron chi connectivity index (χ1n) is 9.34. The zero-order valence-electron chi connectivity index (χ0n) is 14.9. The minimum atomic E-state index is 0.315. The van der Waals surface area contributed by atoms with Crippen molar-refractivity contribution in [1.29, 1.82) is 0 Å². The molecule has 1 saturated carbocycles. The Morgan fingerprint density at radius 1 is 1.00 bits per heavy atom. The van der Waals surface area contributed by atoms with Gasteiger partial charge in [0.25, 0.3) is 0 Å². The smallest absolute Gasteiger partial charge is 0.140 e. The fraction of sp³-hybridized carbons (Fsp3) is 0.409. The molecule has 2 atom stereocenters. The maximum atomic E-state index is 12.2. The highest BCUT2D eigenvalue weighted by atomic mass is 35.5. The number of nitrogens with one attached hydrogen (secondary N) is 1. The number of ketones is 1. The molecule has 2 aliphatic carbocycles. The van der Waals surface area contributed by atoms with Gasteiger partial charge in [0.15, 0.2) is 0 Å². The van der Waals surface area contributed by atoms with Crippen LogP contribution in [0.25, 0.3) is 0 Å². The summed E-state index contributed by atoms with van der Waals surface area (Å²) in [4.78, 5) is 12.2. The molecule has 0 spiro atoms. The first-order chi connectivity index (χ1) is 12.6. The van der Waals surface area contributed by atoms with Crippen LogP contribution in [0.5, 0.6) is 0 Å². The normalized spacial score (nSPS) is 22.1. The summed E-state index contributed by atoms with van der Waals surface area (Å²) in [6.07, 6.45) is 4.84. The van der Waals surface area contributed by atoms with E-state index in [2.05, 4.69) is 29.6 Å². The number of carbonyl (C=O) groups is 1. The fourth-order valence-corrected chi connectivity index (χ4v) is 4.43. The molecule has 2 aliphatic rings. The van der Waals surface area contributed by atoms with E-state index in [1.807, 2.05) is 19.2 Å². The van der Waals surface area contributed by atoms with Crippen LogP contribution >= 0.6 is 23.2 Å². The van der Waals surface area contributed by atoms with Crippen molar-refractivity contribution in [3.63, 3.8) is 0 Å². The molecular weight excluding hydrogens is 365 g/mol. The number of hydrogen-bond acceptors (Lipinski definition) is 2. The van der Waals surface area contributed by atoms with Gasteiger partial charge in [0.05, 0.1) is 10.0 Å². The van der Waals surface area contributed by atoms with Crippen LogP contribution in [0.3, 0.4) is 0 Å². The third kappa shape index (κ3) is 3.55. The zero-order chi connectivity index (χ0) is 18.3. The number of carbonyl (C=O) groups excluding carboxylic acids is 1. The van der Waals surface area contributed by atoms with Crippen molar-refractivity contribution in [3.05, 3.63) is 68.7 Å². The van der Waals surface area contributed by atoms with Crippen LogP contribution in [0, 0.1) is 5.92 Å². The van der Waals surface area contributed by atoms with Gasteiger partial charge in [-0.15, -0.1) is 0 Å². The van der Waals surface area contributed by atoms with E-state index >= 15 is 0 Å². The predicted molar refractivity (Wildman–Crippen MR) is 107 cm³/mol. The molecule has 1 N–H and O–H groups in total. The lowest BCUT2D eigenvalue weighted by Gasteiger charge is -2.32. The SMILES string of the molecule is CN[C@H]1CC[C@@H](c2ccc(Cl)c(Cl)c2)c2ccc(CC(=O)C3CC3)cc21. The molecule has 0 heterocycles. The van der Waals surface area contributed by atoms with Gasteiger partial charge in [-0.3, -0.25) is 4.79 Å². The van der Waals surface area contributed by atoms with Crippen molar-refractivity contribution in [3.8, 4) is 0 Å². The largest absolute Gasteiger partial charge is 0.313 e. The van der Waals surface area contributed by atoms with Crippen molar-refractivity contribution in [2.45, 2.75) is 44.1 Å². The van der Waals surface area contributed by atoms with Gasteiger partial charge < -0.3 is 5.32 Å². The molecule has 2 aromatic rings. The highest BCUT2D eigenvalue weighted by Crippen LogP contribution is 2.43. The minimum Gasteiger partial charge on any atom is -0.313 e. The molecule has 4 heteroatoms. The summed E-state index contributed by atoms with van der Waals surface area (Å²) in [5, 5.41) is 4.63. The molecular formula is C22H23Cl2NO. The van der Waals surface area contributed by atoms with E-state index in [1.165, 1.54) is 16.7 Å². The number of rotatable bonds is 5. The molecule has 4 rings (SSSR count). The molecule has 2 aromatic carbocycles. The summed E-state index contributed by atoms with van der Waals surface area (Å²) in [5.41, 5.74) is 4.99. The Hall–Kier alpha value is -1.35. The van der Waals surface area contributed by atoms with Crippen molar-refractivity contribution >= 4 is 29.0 Å². The number of benzene rings is 2. The summed E-state index contributed by atoms with van der Waals surface area (Å²) < 4.78 is 0. The highest BCUT2D eigenvalue weighted by molar-refractivity contribution is 6.42. The Morgan fingerprint density at radius 2 is 1.81 bits per heavy atom. The van der Waals surface area contributed by atoms with Gasteiger partial charge in [0, 0.05) is 24.3 Å². The van der Waals surface area contributed by atoms with E-state index in [4.69, 9.17) is 23.2 Å². The lowest BCUT2D eigenvalue weighted by atomic mass is 9.76. The predicted octanol–water partition coefficient (Wildman–Crippen LogP) is 5.70. The average Bonchev–Trinajstić information content (AvgIpc) is 3.48. The number of hydrogen-bond donors (Lipinski definition) is 1. The van der Waals surface area contributed by atoms with Gasteiger partial charge in [-0.2, -0.15) is 0 Å². The van der Waals surface area contributed by atoms with Crippen LogP contribution in [0.15, 0.2) is 36.4 Å². The second kappa shape index (κ2) is 7.34. The molecule has 0 radical (unpaired) electrons. The number of halogens is 2. The van der Waals surface area contributed by atoms with Gasteiger partial charge in [0.1, 0.15) is 5.78 Å². The van der Waals surface area contributed by atoms with E-state index < -0.39 is 0 Å². The zero-order valence-corrected chi connectivity index (χ0v) is 16.4. The van der Waals surface area contributed by atoms with Crippen molar-refractivity contribution < 1.29 is 4.79 Å². The second-order valence-corrected chi connectivity index (χ2v) is 8.34. The van der Waals surface area contributed by atoms with Crippen molar-refractivity contribution in [2.75, 3.05) is 7.05 Å². The van der Waals surface area contributed by atoms with Gasteiger partial charge in [-0.05, 0) is 67.1 Å². The molecule has 0 bridgehead atoms. The molecule has 0 saturated heterocycles. The van der Waals surface area contributed by atoms with Crippen LogP contribution in [0.2, 0.25) is 10.0 Å². The maximum absolute atomic E-state index is 12.2. The molecule has 0 aromatic heterocycles. The lowest BCUT2D eigenvalue weighted by molar-refractivity contribution is -0.119. The summed E-state index contributed by atoms with van der Waals surface area (Å²) in [6.45, 7) is 0. The topological polar surface area (TPSA) is 29.1 Å². The molecule has 0 unspecified atom stereocenters. The highest BCUT2D eigenvalue weighted by Gasteiger charge is 2.31. The van der Waals surface area contributed by atoms with E-state index in [-0.39, 0.29) is 0 Å². The number of fused-ring (bicyclic) bond motifs is 1. The average molecular weight is 388 g/mol. The van der Waals surface area contributed by atoms with Crippen LogP contribution in [-0.2, 0) is 11.2 Å². The summed E-state index contributed by atoms with van der Waals surface area (Å²) >= 11 is 12.3. The maximum Gasteiger partial charge on any atom is 0.140 e. The van der Waals surface area contributed by atoms with Gasteiger partial charge >= 0.3 is 0 Å². The summed E-state index contributed by atoms with van der Waals surface area (Å²) in [7, 11) is 2.01. The molecule has 0 amide bonds. The Labute approximate surface area is 164 Å². The molecule has 26 heavy (non-hydrogen) atoms. The monoisotopic (exact) mass is 387 g/mol. The molecule has 2 nitrogen and oxygen atoms in total. The van der Waals surface area contributed by atoms with E-state index in [0.29, 0.717) is 40.1 Å². The molecule has 0 aliphatic heterocycles. The third-order valence-corrected chi connectivity index (χ3v) is 6.49. The van der Waals surface area contributed by atoms with E-state index in [0.717, 1.165) is 31.2 Å². The van der Waals surface area contributed by atoms with Gasteiger partial charge in [-0.25, -0.2) is 0 Å². The first-order valence-corrected chi connectivity index (χ1v) is 10.1. The van der Waals surface area contributed by atoms with Gasteiger partial charge in [0.2, 0.25) is 0 Å². The first kappa shape index (κ1) is 18.0. The van der Waals surface area contributed by atoms with Crippen LogP contribution in [0.4, 0.5) is 0 Å². The van der Waals surface area contributed by atoms with Crippen LogP contribution in [0.1, 0.15) is 59.9 Å². The quantitative estimate of drug-likeness (QED) is 0.712. The Balaban J connectivity index is 1.68. The van der Waals surface area contributed by atoms with Crippen LogP contribution in [-0.4, -0.2) is 12.8 Å². The molecule has 136 valence electrons. The molecule has 1 fully saturated rings. The Bertz CT molecular complexity index is 844. The Kier molecular flexibility index (Phi) is 5.09. The number of Topliss-reactive ketones (excluding diaryl/α,β-unsaturated/α-hetero) is 1. The standard InChI is InChI=1S/C22H23Cl2NO/c1-25-21-9-7-16(15-5-8-19(23)20(24)12-15)17-6-2-13(10-18(17)21)11-22(26)14-3-4-14/h2,5-6,8,10,12,14,16,21,25H,3-4,7,9,11H2,1H3/t16-,21-/m0/s1. The minimum absolute atomic E-state index is 0.315. The van der Waals surface area contributed by atoms with Crippen LogP contribution < -0.4 is 5.32 Å². The van der Waals surface area contributed by atoms with E-state index in [1.54, 1.807) is 0 Å². The Morgan fingerprint density at radius 3 is 2.50 bits per heavy atom. The third-order valence-electron chi connectivity index (χ3n) is 5.75. The van der Waals surface area contributed by atoms with Crippen molar-refractivity contribution in [2.24, 2.45) is 5.92 Å². The van der Waals surface area contributed by atoms with Crippen molar-refractivity contribution in [1.82, 2.24) is 5.32 Å². The lowest BCUT2D eigenvalue weighted by Crippen LogP contribution is -2.24. The second-order valence-electron chi connectivity index (χ2n) is 7.53. The summed E-state index contributed by atoms with van der Waals surface area (Å²) in [5.74, 6) is 1.02. The summed E-state index contributed by atoms with van der Waals surface area (Å²) in [6, 6.07) is 12.9. The van der Waals surface area contributed by atoms with Gasteiger partial charge in [-0.1, -0.05) is 47.5 Å². The fourth-order valence-electron chi connectivity index (χ4n) is 4.12.